The number of carbonyl (C=O) groups excluding carboxylic acids is 2. The van der Waals surface area contributed by atoms with Crippen molar-refractivity contribution in [1.29, 1.82) is 0 Å². The Hall–Kier alpha value is -1.10. The quantitative estimate of drug-likeness (QED) is 0.489. The van der Waals surface area contributed by atoms with E-state index in [2.05, 4.69) is 10.6 Å². The van der Waals surface area contributed by atoms with Crippen LogP contribution in [0.5, 0.6) is 0 Å². The second-order valence-electron chi connectivity index (χ2n) is 3.18. The van der Waals surface area contributed by atoms with Gasteiger partial charge in [0.15, 0.2) is 0 Å². The average Bonchev–Trinajstić information content (AvgIpc) is 2.36. The largest absolute Gasteiger partial charge is 0.351 e. The van der Waals surface area contributed by atoms with Crippen molar-refractivity contribution in [3.05, 3.63) is 0 Å². The van der Waals surface area contributed by atoms with Crippen molar-refractivity contribution in [1.82, 2.24) is 10.6 Å². The van der Waals surface area contributed by atoms with Gasteiger partial charge in [0.2, 0.25) is 5.91 Å². The number of imide groups is 1. The molecule has 0 radical (unpaired) electrons. The maximum Gasteiger partial charge on any atom is 0.318 e. The fourth-order valence-electron chi connectivity index (χ4n) is 1.34. The Labute approximate surface area is 70.7 Å². The van der Waals surface area contributed by atoms with E-state index in [9.17, 15) is 9.59 Å². The van der Waals surface area contributed by atoms with Crippen molar-refractivity contribution in [3.8, 4) is 0 Å². The minimum Gasteiger partial charge on any atom is -0.351 e. The lowest BCUT2D eigenvalue weighted by Crippen LogP contribution is -2.53. The highest BCUT2D eigenvalue weighted by Crippen LogP contribution is 2.17. The predicted molar refractivity (Wildman–Crippen MR) is 43.4 cm³/mol. The average molecular weight is 171 g/mol. The van der Waals surface area contributed by atoms with Crippen LogP contribution >= 0.6 is 0 Å². The number of nitrogens with two attached hydrogens (primary N) is 1. The highest BCUT2D eigenvalue weighted by atomic mass is 16.2. The van der Waals surface area contributed by atoms with Crippen LogP contribution in [0.2, 0.25) is 0 Å². The molecule has 0 aliphatic carbocycles. The monoisotopic (exact) mass is 171 g/mol. The fourth-order valence-corrected chi connectivity index (χ4v) is 1.34. The second-order valence-corrected chi connectivity index (χ2v) is 3.18. The lowest BCUT2D eigenvalue weighted by atomic mass is 10.00. The minimum atomic E-state index is -0.796. The van der Waals surface area contributed by atoms with Gasteiger partial charge in [-0.05, 0) is 26.3 Å². The van der Waals surface area contributed by atoms with Gasteiger partial charge in [0.05, 0.1) is 5.54 Å². The molecule has 0 saturated carbocycles. The maximum atomic E-state index is 11.3. The number of primary amides is 1. The van der Waals surface area contributed by atoms with Crippen molar-refractivity contribution in [2.24, 2.45) is 5.73 Å². The first-order valence-electron chi connectivity index (χ1n) is 3.90. The molecule has 0 bridgehead atoms. The van der Waals surface area contributed by atoms with Gasteiger partial charge in [-0.3, -0.25) is 10.1 Å². The molecule has 1 heterocycles. The van der Waals surface area contributed by atoms with Gasteiger partial charge < -0.3 is 11.1 Å². The number of hydrogen-bond acceptors (Lipinski definition) is 3. The summed E-state index contributed by atoms with van der Waals surface area (Å²) in [6.45, 7) is 2.57. The topological polar surface area (TPSA) is 84.2 Å². The van der Waals surface area contributed by atoms with Crippen molar-refractivity contribution < 1.29 is 9.59 Å². The minimum absolute atomic E-state index is 0.340. The SMILES string of the molecule is CC1(C(=O)NC(N)=O)CCCN1. The molecule has 12 heavy (non-hydrogen) atoms. The molecule has 1 saturated heterocycles. The number of nitrogens with one attached hydrogen (secondary N) is 2. The zero-order chi connectivity index (χ0) is 9.19. The number of urea groups is 1. The third kappa shape index (κ3) is 1.73. The number of amides is 3. The summed E-state index contributed by atoms with van der Waals surface area (Å²) in [4.78, 5) is 21.7. The Kier molecular flexibility index (Phi) is 2.32. The van der Waals surface area contributed by atoms with E-state index in [1.165, 1.54) is 0 Å². The predicted octanol–water partition coefficient (Wildman–Crippen LogP) is -0.677. The van der Waals surface area contributed by atoms with Crippen LogP contribution in [0.15, 0.2) is 0 Å². The first-order chi connectivity index (χ1) is 5.54. The van der Waals surface area contributed by atoms with Gasteiger partial charge >= 0.3 is 6.03 Å². The number of hydrogen-bond donors (Lipinski definition) is 3. The Morgan fingerprint density at radius 1 is 1.58 bits per heavy atom. The van der Waals surface area contributed by atoms with Gasteiger partial charge in [0, 0.05) is 0 Å². The first-order valence-corrected chi connectivity index (χ1v) is 3.90. The van der Waals surface area contributed by atoms with Crippen LogP contribution in [-0.2, 0) is 4.79 Å². The van der Waals surface area contributed by atoms with E-state index in [0.717, 1.165) is 19.4 Å². The van der Waals surface area contributed by atoms with E-state index in [1.54, 1.807) is 6.92 Å². The molecular weight excluding hydrogens is 158 g/mol. The maximum absolute atomic E-state index is 11.3. The lowest BCUT2D eigenvalue weighted by Gasteiger charge is -2.21. The smallest absolute Gasteiger partial charge is 0.318 e. The molecule has 1 atom stereocenters. The highest BCUT2D eigenvalue weighted by molar-refractivity contribution is 5.98. The van der Waals surface area contributed by atoms with Gasteiger partial charge in [0.25, 0.3) is 0 Å². The van der Waals surface area contributed by atoms with Crippen LogP contribution in [0.3, 0.4) is 0 Å². The van der Waals surface area contributed by atoms with Crippen molar-refractivity contribution >= 4 is 11.9 Å². The van der Waals surface area contributed by atoms with Crippen LogP contribution in [0.1, 0.15) is 19.8 Å². The summed E-state index contributed by atoms with van der Waals surface area (Å²) in [6.07, 6.45) is 1.69. The summed E-state index contributed by atoms with van der Waals surface area (Å²) < 4.78 is 0. The molecule has 4 N–H and O–H groups in total. The van der Waals surface area contributed by atoms with E-state index < -0.39 is 11.6 Å². The van der Waals surface area contributed by atoms with Gasteiger partial charge in [-0.1, -0.05) is 0 Å². The fraction of sp³-hybridized carbons (Fsp3) is 0.714. The van der Waals surface area contributed by atoms with Crippen LogP contribution < -0.4 is 16.4 Å². The molecule has 3 amide bonds. The van der Waals surface area contributed by atoms with Crippen LogP contribution in [-0.4, -0.2) is 24.0 Å². The highest BCUT2D eigenvalue weighted by Gasteiger charge is 2.36. The van der Waals surface area contributed by atoms with E-state index in [0.29, 0.717) is 0 Å². The Bertz CT molecular complexity index is 209. The molecular formula is C7H13N3O2. The molecule has 1 aliphatic rings. The zero-order valence-corrected chi connectivity index (χ0v) is 7.02. The van der Waals surface area contributed by atoms with Crippen LogP contribution in [0, 0.1) is 0 Å². The summed E-state index contributed by atoms with van der Waals surface area (Å²) in [5.74, 6) is -0.340. The molecule has 1 unspecified atom stereocenters. The molecule has 1 fully saturated rings. The molecule has 5 heteroatoms. The third-order valence-electron chi connectivity index (χ3n) is 2.11. The summed E-state index contributed by atoms with van der Waals surface area (Å²) in [7, 11) is 0. The summed E-state index contributed by atoms with van der Waals surface area (Å²) in [6, 6.07) is -0.796. The summed E-state index contributed by atoms with van der Waals surface area (Å²) in [5.41, 5.74) is 4.21. The number of rotatable bonds is 1. The summed E-state index contributed by atoms with van der Waals surface area (Å²) >= 11 is 0. The molecule has 0 aromatic carbocycles. The van der Waals surface area contributed by atoms with Crippen LogP contribution in [0.25, 0.3) is 0 Å². The second kappa shape index (κ2) is 3.10. The zero-order valence-electron chi connectivity index (χ0n) is 7.02. The molecule has 68 valence electrons. The van der Waals surface area contributed by atoms with E-state index >= 15 is 0 Å². The lowest BCUT2D eigenvalue weighted by molar-refractivity contribution is -0.125. The van der Waals surface area contributed by atoms with E-state index in [1.807, 2.05) is 0 Å². The molecule has 0 aromatic heterocycles. The molecule has 5 nitrogen and oxygen atoms in total. The van der Waals surface area contributed by atoms with Crippen molar-refractivity contribution in [3.63, 3.8) is 0 Å². The number of carbonyl (C=O) groups is 2. The normalized spacial score (nSPS) is 28.4. The Morgan fingerprint density at radius 3 is 2.67 bits per heavy atom. The first kappa shape index (κ1) is 8.99. The Morgan fingerprint density at radius 2 is 2.25 bits per heavy atom. The van der Waals surface area contributed by atoms with Gasteiger partial charge in [-0.25, -0.2) is 4.79 Å². The molecule has 0 spiro atoms. The Balaban J connectivity index is 2.56. The standard InChI is InChI=1S/C7H13N3O2/c1-7(3-2-4-9-7)5(11)10-6(8)12/h9H,2-4H2,1H3,(H3,8,10,11,12). The van der Waals surface area contributed by atoms with E-state index in [4.69, 9.17) is 5.73 Å². The van der Waals surface area contributed by atoms with Crippen LogP contribution in [0.4, 0.5) is 4.79 Å². The molecule has 0 aromatic rings. The van der Waals surface area contributed by atoms with Crippen molar-refractivity contribution in [2.75, 3.05) is 6.54 Å². The van der Waals surface area contributed by atoms with Gasteiger partial charge in [-0.2, -0.15) is 0 Å². The third-order valence-corrected chi connectivity index (χ3v) is 2.11. The molecule has 1 rings (SSSR count). The van der Waals surface area contributed by atoms with Crippen molar-refractivity contribution in [2.45, 2.75) is 25.3 Å². The van der Waals surface area contributed by atoms with E-state index in [-0.39, 0.29) is 5.91 Å². The molecule has 1 aliphatic heterocycles. The van der Waals surface area contributed by atoms with Gasteiger partial charge in [0.1, 0.15) is 0 Å². The van der Waals surface area contributed by atoms with Gasteiger partial charge in [-0.15, -0.1) is 0 Å². The summed E-state index contributed by atoms with van der Waals surface area (Å²) in [5, 5.41) is 5.08.